The second-order valence-electron chi connectivity index (χ2n) is 8.97. The van der Waals surface area contributed by atoms with Crippen LogP contribution >= 0.6 is 0 Å². The van der Waals surface area contributed by atoms with Crippen LogP contribution in [0.5, 0.6) is 17.2 Å². The fraction of sp³-hybridized carbons (Fsp3) is 0.138. The van der Waals surface area contributed by atoms with E-state index in [2.05, 4.69) is 14.7 Å². The number of rotatable bonds is 6. The monoisotopic (exact) mass is 508 g/mol. The quantitative estimate of drug-likeness (QED) is 0.345. The van der Waals surface area contributed by atoms with Gasteiger partial charge in [0.25, 0.3) is 5.56 Å². The maximum atomic E-state index is 12.8. The summed E-state index contributed by atoms with van der Waals surface area (Å²) in [6.45, 7) is 4.60. The third-order valence-electron chi connectivity index (χ3n) is 6.50. The molecule has 3 heterocycles. The lowest BCUT2D eigenvalue weighted by molar-refractivity contribution is 0.174. The average molecular weight is 509 g/mol. The van der Waals surface area contributed by atoms with Crippen molar-refractivity contribution in [3.8, 4) is 22.9 Å². The zero-order chi connectivity index (χ0) is 26.2. The molecular weight excluding hydrogens is 484 g/mol. The summed E-state index contributed by atoms with van der Waals surface area (Å²) in [7, 11) is 0. The molecule has 0 spiro atoms. The number of benzene rings is 3. The van der Waals surface area contributed by atoms with E-state index in [1.807, 2.05) is 62.4 Å². The fourth-order valence-corrected chi connectivity index (χ4v) is 4.58. The highest BCUT2D eigenvalue weighted by molar-refractivity contribution is 5.82. The number of para-hydroxylation sites is 1. The lowest BCUT2D eigenvalue weighted by atomic mass is 10.2. The van der Waals surface area contributed by atoms with Crippen molar-refractivity contribution in [2.75, 3.05) is 6.79 Å². The fourth-order valence-electron chi connectivity index (χ4n) is 4.58. The van der Waals surface area contributed by atoms with Crippen LogP contribution in [0.3, 0.4) is 0 Å². The molecule has 0 atom stereocenters. The third-order valence-corrected chi connectivity index (χ3v) is 6.50. The summed E-state index contributed by atoms with van der Waals surface area (Å²) in [6, 6.07) is 22.4. The van der Waals surface area contributed by atoms with Crippen LogP contribution < -0.4 is 25.5 Å². The topological polar surface area (TPSA) is 99.8 Å². The second-order valence-corrected chi connectivity index (χ2v) is 8.97. The van der Waals surface area contributed by atoms with Crippen LogP contribution in [-0.2, 0) is 6.61 Å². The van der Waals surface area contributed by atoms with Crippen LogP contribution in [0.25, 0.3) is 16.6 Å². The van der Waals surface area contributed by atoms with Gasteiger partial charge in [-0.25, -0.2) is 4.79 Å². The van der Waals surface area contributed by atoms with Gasteiger partial charge < -0.3 is 23.8 Å². The number of aromatic amines is 1. The van der Waals surface area contributed by atoms with E-state index in [0.29, 0.717) is 17.5 Å². The molecule has 0 aliphatic carbocycles. The Morgan fingerprint density at radius 3 is 2.61 bits per heavy atom. The van der Waals surface area contributed by atoms with E-state index in [-0.39, 0.29) is 6.79 Å². The maximum absolute atomic E-state index is 12.8. The molecule has 3 aromatic carbocycles. The molecule has 9 nitrogen and oxygen atoms in total. The molecule has 0 bridgehead atoms. The van der Waals surface area contributed by atoms with Gasteiger partial charge >= 0.3 is 5.69 Å². The Morgan fingerprint density at radius 2 is 1.76 bits per heavy atom. The Hall–Kier alpha value is -5.05. The first-order chi connectivity index (χ1) is 18.5. The van der Waals surface area contributed by atoms with Gasteiger partial charge in [-0.3, -0.25) is 4.79 Å². The molecule has 0 saturated carbocycles. The van der Waals surface area contributed by atoms with Crippen molar-refractivity contribution in [3.05, 3.63) is 116 Å². The van der Waals surface area contributed by atoms with E-state index in [0.717, 1.165) is 50.1 Å². The van der Waals surface area contributed by atoms with Gasteiger partial charge in [-0.15, -0.1) is 4.68 Å². The van der Waals surface area contributed by atoms with E-state index in [9.17, 15) is 9.59 Å². The minimum absolute atomic E-state index is 0.243. The van der Waals surface area contributed by atoms with Gasteiger partial charge in [0.2, 0.25) is 6.79 Å². The molecule has 2 aromatic heterocycles. The van der Waals surface area contributed by atoms with Crippen molar-refractivity contribution in [1.29, 1.82) is 0 Å². The standard InChI is InChI=1S/C29H24N4O5/c1-18-13-21(15-30-33-28(34)24-5-3-4-6-25(24)31-29(33)35)19(2)32(18)22-8-10-23(11-9-22)36-16-20-7-12-26-27(14-20)38-17-37-26/h3-15H,16-17H2,1-2H3,(H,31,35). The van der Waals surface area contributed by atoms with Crippen molar-refractivity contribution in [3.63, 3.8) is 0 Å². The van der Waals surface area contributed by atoms with Crippen molar-refractivity contribution < 1.29 is 14.2 Å². The maximum Gasteiger partial charge on any atom is 0.349 e. The summed E-state index contributed by atoms with van der Waals surface area (Å²) >= 11 is 0. The lowest BCUT2D eigenvalue weighted by Crippen LogP contribution is -2.32. The molecule has 0 amide bonds. The summed E-state index contributed by atoms with van der Waals surface area (Å²) in [4.78, 5) is 27.9. The largest absolute Gasteiger partial charge is 0.489 e. The smallest absolute Gasteiger partial charge is 0.349 e. The molecule has 1 N–H and O–H groups in total. The lowest BCUT2D eigenvalue weighted by Gasteiger charge is -2.12. The summed E-state index contributed by atoms with van der Waals surface area (Å²) < 4.78 is 19.7. The van der Waals surface area contributed by atoms with E-state index in [1.54, 1.807) is 24.3 Å². The number of H-pyrrole nitrogens is 1. The Kier molecular flexibility index (Phi) is 5.80. The molecule has 38 heavy (non-hydrogen) atoms. The number of hydrogen-bond acceptors (Lipinski definition) is 6. The highest BCUT2D eigenvalue weighted by atomic mass is 16.7. The molecule has 1 aliphatic rings. The minimum Gasteiger partial charge on any atom is -0.489 e. The molecule has 9 heteroatoms. The van der Waals surface area contributed by atoms with Crippen molar-refractivity contribution in [2.24, 2.45) is 5.10 Å². The summed E-state index contributed by atoms with van der Waals surface area (Å²) in [5.74, 6) is 2.22. The van der Waals surface area contributed by atoms with Crippen LogP contribution in [0.15, 0.2) is 87.5 Å². The molecule has 0 radical (unpaired) electrons. The SMILES string of the molecule is Cc1cc(C=Nn2c(=O)[nH]c3ccccc3c2=O)c(C)n1-c1ccc(OCc2ccc3c(c2)OCO3)cc1. The van der Waals surface area contributed by atoms with Gasteiger partial charge in [-0.2, -0.15) is 5.10 Å². The first kappa shape index (κ1) is 23.4. The van der Waals surface area contributed by atoms with Crippen molar-refractivity contribution in [2.45, 2.75) is 20.5 Å². The Labute approximate surface area is 217 Å². The minimum atomic E-state index is -0.588. The number of ether oxygens (including phenoxy) is 3. The van der Waals surface area contributed by atoms with Gasteiger partial charge in [0, 0.05) is 22.6 Å². The van der Waals surface area contributed by atoms with E-state index in [4.69, 9.17) is 14.2 Å². The van der Waals surface area contributed by atoms with Crippen LogP contribution in [0.1, 0.15) is 22.5 Å². The Morgan fingerprint density at radius 1 is 0.974 bits per heavy atom. The van der Waals surface area contributed by atoms with Gasteiger partial charge in [-0.05, 0) is 74.0 Å². The third kappa shape index (κ3) is 4.24. The first-order valence-electron chi connectivity index (χ1n) is 12.1. The van der Waals surface area contributed by atoms with Crippen molar-refractivity contribution >= 4 is 17.1 Å². The molecule has 0 saturated heterocycles. The average Bonchev–Trinajstić information content (AvgIpc) is 3.50. The Bertz CT molecular complexity index is 1810. The molecule has 6 rings (SSSR count). The van der Waals surface area contributed by atoms with Gasteiger partial charge in [-0.1, -0.05) is 18.2 Å². The first-order valence-corrected chi connectivity index (χ1v) is 12.1. The highest BCUT2D eigenvalue weighted by Crippen LogP contribution is 2.33. The van der Waals surface area contributed by atoms with Crippen LogP contribution in [0.4, 0.5) is 0 Å². The molecule has 190 valence electrons. The molecule has 0 unspecified atom stereocenters. The number of hydrogen-bond donors (Lipinski definition) is 1. The molecule has 5 aromatic rings. The van der Waals surface area contributed by atoms with Gasteiger partial charge in [0.1, 0.15) is 12.4 Å². The zero-order valence-electron chi connectivity index (χ0n) is 20.8. The number of aromatic nitrogens is 3. The van der Waals surface area contributed by atoms with E-state index < -0.39 is 11.2 Å². The molecule has 0 fully saturated rings. The normalized spacial score (nSPS) is 12.5. The second kappa shape index (κ2) is 9.44. The van der Waals surface area contributed by atoms with Crippen LogP contribution in [0.2, 0.25) is 0 Å². The number of nitrogens with zero attached hydrogens (tertiary/aromatic N) is 3. The summed E-state index contributed by atoms with van der Waals surface area (Å²) in [6.07, 6.45) is 1.53. The van der Waals surface area contributed by atoms with Gasteiger partial charge in [0.05, 0.1) is 17.1 Å². The summed E-state index contributed by atoms with van der Waals surface area (Å²) in [5.41, 5.74) is 4.07. The number of nitrogens with one attached hydrogen (secondary N) is 1. The van der Waals surface area contributed by atoms with E-state index in [1.165, 1.54) is 6.21 Å². The molecule has 1 aliphatic heterocycles. The number of fused-ring (bicyclic) bond motifs is 2. The molecular formula is C29H24N4O5. The van der Waals surface area contributed by atoms with Crippen LogP contribution in [-0.4, -0.2) is 27.2 Å². The summed E-state index contributed by atoms with van der Waals surface area (Å²) in [5, 5.41) is 4.61. The van der Waals surface area contributed by atoms with Crippen LogP contribution in [0, 0.1) is 13.8 Å². The predicted molar refractivity (Wildman–Crippen MR) is 144 cm³/mol. The van der Waals surface area contributed by atoms with Crippen molar-refractivity contribution in [1.82, 2.24) is 14.2 Å². The highest BCUT2D eigenvalue weighted by Gasteiger charge is 2.14. The zero-order valence-corrected chi connectivity index (χ0v) is 20.8. The predicted octanol–water partition coefficient (Wildman–Crippen LogP) is 4.29. The number of aryl methyl sites for hydroxylation is 1. The van der Waals surface area contributed by atoms with Gasteiger partial charge in [0.15, 0.2) is 11.5 Å². The van der Waals surface area contributed by atoms with E-state index >= 15 is 0 Å². The Balaban J connectivity index is 1.21.